The number of ether oxygens (including phenoxy) is 2. The zero-order valence-electron chi connectivity index (χ0n) is 11.9. The summed E-state index contributed by atoms with van der Waals surface area (Å²) >= 11 is 0. The maximum Gasteiger partial charge on any atom is 0.347 e. The Bertz CT molecular complexity index is 781. The summed E-state index contributed by atoms with van der Waals surface area (Å²) in [5.74, 6) is 1.26. The van der Waals surface area contributed by atoms with Crippen molar-refractivity contribution in [3.63, 3.8) is 0 Å². The molecule has 2 aromatic rings. The summed E-state index contributed by atoms with van der Waals surface area (Å²) in [6, 6.07) is 3.71. The van der Waals surface area contributed by atoms with Crippen molar-refractivity contribution in [2.45, 2.75) is 26.4 Å². The molecule has 0 saturated carbocycles. The molecule has 1 aliphatic rings. The first kappa shape index (κ1) is 12.8. The Hall–Kier alpha value is -2.23. The van der Waals surface area contributed by atoms with Crippen LogP contribution in [0.2, 0.25) is 0 Å². The average Bonchev–Trinajstić information content (AvgIpc) is 2.39. The monoisotopic (exact) mass is 272 g/mol. The molecule has 1 aromatic carbocycles. The summed E-state index contributed by atoms with van der Waals surface area (Å²) in [4.78, 5) is 12.1. The Morgan fingerprint density at radius 3 is 2.70 bits per heavy atom. The number of aryl methyl sites for hydroxylation is 1. The first-order chi connectivity index (χ1) is 9.43. The SMILES string of the molecule is COc1ccc2c3c(c(=O)oc2c1C)C=CC(C)(C)O3. The van der Waals surface area contributed by atoms with Gasteiger partial charge in [0, 0.05) is 5.56 Å². The highest BCUT2D eigenvalue weighted by molar-refractivity contribution is 5.91. The van der Waals surface area contributed by atoms with Crippen molar-refractivity contribution < 1.29 is 13.9 Å². The minimum absolute atomic E-state index is 0.393. The Morgan fingerprint density at radius 1 is 1.25 bits per heavy atom. The topological polar surface area (TPSA) is 48.7 Å². The molecule has 0 amide bonds. The number of hydrogen-bond acceptors (Lipinski definition) is 4. The van der Waals surface area contributed by atoms with E-state index in [1.807, 2.05) is 39.0 Å². The fraction of sp³-hybridized carbons (Fsp3) is 0.312. The Labute approximate surface area is 116 Å². The molecule has 0 fully saturated rings. The van der Waals surface area contributed by atoms with Gasteiger partial charge in [0.2, 0.25) is 0 Å². The normalized spacial score (nSPS) is 15.8. The van der Waals surface area contributed by atoms with E-state index in [4.69, 9.17) is 13.9 Å². The van der Waals surface area contributed by atoms with Crippen molar-refractivity contribution in [1.82, 2.24) is 0 Å². The second-order valence-corrected chi connectivity index (χ2v) is 5.44. The first-order valence-electron chi connectivity index (χ1n) is 6.45. The molecule has 0 atom stereocenters. The maximum atomic E-state index is 12.1. The third-order valence-electron chi connectivity index (χ3n) is 3.50. The molecule has 1 aliphatic heterocycles. The molecular weight excluding hydrogens is 256 g/mol. The molecule has 0 bridgehead atoms. The van der Waals surface area contributed by atoms with Crippen molar-refractivity contribution >= 4 is 17.0 Å². The number of hydrogen-bond donors (Lipinski definition) is 0. The number of methoxy groups -OCH3 is 1. The lowest BCUT2D eigenvalue weighted by atomic mass is 10.0. The molecule has 104 valence electrons. The van der Waals surface area contributed by atoms with Gasteiger partial charge in [-0.05, 0) is 45.1 Å². The zero-order valence-corrected chi connectivity index (χ0v) is 11.9. The number of fused-ring (bicyclic) bond motifs is 3. The summed E-state index contributed by atoms with van der Waals surface area (Å²) < 4.78 is 16.7. The third-order valence-corrected chi connectivity index (χ3v) is 3.50. The van der Waals surface area contributed by atoms with Crippen LogP contribution in [0.3, 0.4) is 0 Å². The molecule has 2 heterocycles. The molecule has 0 saturated heterocycles. The lowest BCUT2D eigenvalue weighted by Gasteiger charge is -2.28. The van der Waals surface area contributed by atoms with Gasteiger partial charge in [0.1, 0.15) is 28.2 Å². The zero-order chi connectivity index (χ0) is 14.5. The van der Waals surface area contributed by atoms with E-state index in [1.54, 1.807) is 13.2 Å². The average molecular weight is 272 g/mol. The Morgan fingerprint density at radius 2 is 2.00 bits per heavy atom. The molecular formula is C16H16O4. The van der Waals surface area contributed by atoms with E-state index in [1.165, 1.54) is 0 Å². The standard InChI is InChI=1S/C16H16O4/c1-9-12(18-4)6-5-10-13(9)19-15(17)11-7-8-16(2,3)20-14(10)11/h5-8H,1-4H3. The van der Waals surface area contributed by atoms with Gasteiger partial charge in [0.25, 0.3) is 0 Å². The molecule has 0 aliphatic carbocycles. The van der Waals surface area contributed by atoms with Gasteiger partial charge in [-0.15, -0.1) is 0 Å². The lowest BCUT2D eigenvalue weighted by Crippen LogP contribution is -2.29. The molecule has 4 nitrogen and oxygen atoms in total. The van der Waals surface area contributed by atoms with Crippen LogP contribution in [0.15, 0.2) is 27.4 Å². The van der Waals surface area contributed by atoms with Crippen molar-refractivity contribution in [2.24, 2.45) is 0 Å². The largest absolute Gasteiger partial charge is 0.496 e. The second kappa shape index (κ2) is 4.13. The van der Waals surface area contributed by atoms with E-state index in [-0.39, 0.29) is 0 Å². The van der Waals surface area contributed by atoms with E-state index >= 15 is 0 Å². The van der Waals surface area contributed by atoms with E-state index in [0.717, 1.165) is 10.9 Å². The van der Waals surface area contributed by atoms with Crippen LogP contribution in [0, 0.1) is 6.92 Å². The summed E-state index contributed by atoms with van der Waals surface area (Å²) in [5.41, 5.74) is 0.929. The molecule has 20 heavy (non-hydrogen) atoms. The molecule has 0 spiro atoms. The Kier molecular flexibility index (Phi) is 2.64. The molecule has 3 rings (SSSR count). The van der Waals surface area contributed by atoms with Gasteiger partial charge in [0.15, 0.2) is 0 Å². The summed E-state index contributed by atoms with van der Waals surface area (Å²) in [7, 11) is 1.59. The van der Waals surface area contributed by atoms with Crippen molar-refractivity contribution in [1.29, 1.82) is 0 Å². The van der Waals surface area contributed by atoms with E-state index in [0.29, 0.717) is 22.6 Å². The van der Waals surface area contributed by atoms with E-state index < -0.39 is 11.2 Å². The van der Waals surface area contributed by atoms with Gasteiger partial charge in [-0.3, -0.25) is 0 Å². The van der Waals surface area contributed by atoms with Gasteiger partial charge in [-0.25, -0.2) is 4.79 Å². The molecule has 0 unspecified atom stereocenters. The van der Waals surface area contributed by atoms with Crippen LogP contribution in [-0.2, 0) is 0 Å². The van der Waals surface area contributed by atoms with E-state index in [9.17, 15) is 4.79 Å². The van der Waals surface area contributed by atoms with Gasteiger partial charge < -0.3 is 13.9 Å². The van der Waals surface area contributed by atoms with Crippen LogP contribution in [0.4, 0.5) is 0 Å². The maximum absolute atomic E-state index is 12.1. The predicted octanol–water partition coefficient (Wildman–Crippen LogP) is 3.29. The highest BCUT2D eigenvalue weighted by atomic mass is 16.5. The minimum Gasteiger partial charge on any atom is -0.496 e. The molecule has 4 heteroatoms. The van der Waals surface area contributed by atoms with Gasteiger partial charge in [-0.1, -0.05) is 0 Å². The summed E-state index contributed by atoms with van der Waals surface area (Å²) in [5, 5.41) is 0.787. The quantitative estimate of drug-likeness (QED) is 0.747. The first-order valence-corrected chi connectivity index (χ1v) is 6.45. The Balaban J connectivity index is 2.40. The molecule has 0 radical (unpaired) electrons. The fourth-order valence-electron chi connectivity index (χ4n) is 2.43. The smallest absolute Gasteiger partial charge is 0.347 e. The summed E-state index contributed by atoms with van der Waals surface area (Å²) in [6.07, 6.45) is 3.62. The molecule has 0 N–H and O–H groups in total. The van der Waals surface area contributed by atoms with Crippen LogP contribution < -0.4 is 15.1 Å². The van der Waals surface area contributed by atoms with Gasteiger partial charge >= 0.3 is 5.63 Å². The predicted molar refractivity (Wildman–Crippen MR) is 77.5 cm³/mol. The van der Waals surface area contributed by atoms with Crippen molar-refractivity contribution in [3.05, 3.63) is 39.8 Å². The fourth-order valence-corrected chi connectivity index (χ4v) is 2.43. The summed E-state index contributed by atoms with van der Waals surface area (Å²) in [6.45, 7) is 5.76. The van der Waals surface area contributed by atoms with Crippen LogP contribution >= 0.6 is 0 Å². The van der Waals surface area contributed by atoms with Crippen LogP contribution in [0.25, 0.3) is 17.0 Å². The second-order valence-electron chi connectivity index (χ2n) is 5.44. The lowest BCUT2D eigenvalue weighted by molar-refractivity contribution is 0.160. The number of rotatable bonds is 1. The minimum atomic E-state index is -0.443. The van der Waals surface area contributed by atoms with E-state index in [2.05, 4.69) is 0 Å². The highest BCUT2D eigenvalue weighted by Crippen LogP contribution is 2.38. The van der Waals surface area contributed by atoms with Crippen LogP contribution in [0.1, 0.15) is 25.0 Å². The molecule has 1 aromatic heterocycles. The van der Waals surface area contributed by atoms with Crippen molar-refractivity contribution in [2.75, 3.05) is 7.11 Å². The highest BCUT2D eigenvalue weighted by Gasteiger charge is 2.27. The third kappa shape index (κ3) is 1.80. The van der Waals surface area contributed by atoms with Gasteiger partial charge in [0.05, 0.1) is 12.5 Å². The van der Waals surface area contributed by atoms with Crippen molar-refractivity contribution in [3.8, 4) is 11.5 Å². The van der Waals surface area contributed by atoms with Crippen LogP contribution in [0.5, 0.6) is 11.5 Å². The van der Waals surface area contributed by atoms with Crippen LogP contribution in [-0.4, -0.2) is 12.7 Å². The van der Waals surface area contributed by atoms with Gasteiger partial charge in [-0.2, -0.15) is 0 Å². The number of benzene rings is 1.